The molecule has 0 saturated heterocycles. The minimum atomic E-state index is -0.125. The standard InChI is InChI=1S/C13H27N3O2/c1-9(2)8-16-12(17)5-6-15-13(18)7-11(14)10(3)4/h9-11H,5-8,14H2,1-4H3,(H,15,18)(H,16,17). The third-order valence-electron chi connectivity index (χ3n) is 2.66. The molecule has 1 atom stereocenters. The Morgan fingerprint density at radius 2 is 1.67 bits per heavy atom. The van der Waals surface area contributed by atoms with Crippen molar-refractivity contribution in [2.75, 3.05) is 13.1 Å². The molecule has 0 aromatic rings. The lowest BCUT2D eigenvalue weighted by molar-refractivity contribution is -0.122. The maximum atomic E-state index is 11.5. The number of hydrogen-bond acceptors (Lipinski definition) is 3. The summed E-state index contributed by atoms with van der Waals surface area (Å²) in [5, 5.41) is 5.51. The van der Waals surface area contributed by atoms with Gasteiger partial charge in [0.25, 0.3) is 0 Å². The Bertz CT molecular complexity index is 265. The Morgan fingerprint density at radius 3 is 2.17 bits per heavy atom. The van der Waals surface area contributed by atoms with Crippen LogP contribution < -0.4 is 16.4 Å². The van der Waals surface area contributed by atoms with Crippen molar-refractivity contribution < 1.29 is 9.59 Å². The van der Waals surface area contributed by atoms with Crippen molar-refractivity contribution >= 4 is 11.8 Å². The molecule has 2 amide bonds. The van der Waals surface area contributed by atoms with E-state index in [1.54, 1.807) is 0 Å². The van der Waals surface area contributed by atoms with E-state index < -0.39 is 0 Å². The van der Waals surface area contributed by atoms with Crippen LogP contribution in [-0.2, 0) is 9.59 Å². The largest absolute Gasteiger partial charge is 0.356 e. The first-order valence-corrected chi connectivity index (χ1v) is 6.62. The molecule has 0 spiro atoms. The normalized spacial score (nSPS) is 12.6. The molecule has 0 rings (SSSR count). The van der Waals surface area contributed by atoms with Crippen molar-refractivity contribution in [3.8, 4) is 0 Å². The molecule has 0 fully saturated rings. The first-order valence-electron chi connectivity index (χ1n) is 6.62. The fourth-order valence-electron chi connectivity index (χ4n) is 1.24. The number of carbonyl (C=O) groups excluding carboxylic acids is 2. The van der Waals surface area contributed by atoms with Crippen molar-refractivity contribution in [2.45, 2.75) is 46.6 Å². The highest BCUT2D eigenvalue weighted by atomic mass is 16.2. The third kappa shape index (κ3) is 8.98. The van der Waals surface area contributed by atoms with E-state index in [9.17, 15) is 9.59 Å². The van der Waals surface area contributed by atoms with Crippen LogP contribution in [0.2, 0.25) is 0 Å². The molecular weight excluding hydrogens is 230 g/mol. The van der Waals surface area contributed by atoms with Crippen molar-refractivity contribution in [3.63, 3.8) is 0 Å². The van der Waals surface area contributed by atoms with Gasteiger partial charge in [0, 0.05) is 32.0 Å². The molecule has 5 heteroatoms. The Balaban J connectivity index is 3.65. The molecule has 0 aromatic heterocycles. The lowest BCUT2D eigenvalue weighted by Gasteiger charge is -2.15. The minimum Gasteiger partial charge on any atom is -0.356 e. The van der Waals surface area contributed by atoms with E-state index in [-0.39, 0.29) is 23.8 Å². The van der Waals surface area contributed by atoms with Crippen LogP contribution >= 0.6 is 0 Å². The summed E-state index contributed by atoms with van der Waals surface area (Å²) in [6.07, 6.45) is 0.626. The smallest absolute Gasteiger partial charge is 0.221 e. The van der Waals surface area contributed by atoms with E-state index in [0.29, 0.717) is 31.8 Å². The van der Waals surface area contributed by atoms with Crippen molar-refractivity contribution in [2.24, 2.45) is 17.6 Å². The van der Waals surface area contributed by atoms with Crippen LogP contribution in [0, 0.1) is 11.8 Å². The lowest BCUT2D eigenvalue weighted by Crippen LogP contribution is -2.36. The van der Waals surface area contributed by atoms with E-state index in [2.05, 4.69) is 10.6 Å². The molecule has 106 valence electrons. The van der Waals surface area contributed by atoms with Gasteiger partial charge in [-0.2, -0.15) is 0 Å². The zero-order valence-corrected chi connectivity index (χ0v) is 12.0. The van der Waals surface area contributed by atoms with Gasteiger partial charge in [-0.05, 0) is 11.8 Å². The average Bonchev–Trinajstić information content (AvgIpc) is 2.26. The van der Waals surface area contributed by atoms with E-state index in [0.717, 1.165) is 0 Å². The van der Waals surface area contributed by atoms with Gasteiger partial charge in [-0.25, -0.2) is 0 Å². The van der Waals surface area contributed by atoms with Crippen LogP contribution in [0.1, 0.15) is 40.5 Å². The maximum absolute atomic E-state index is 11.5. The number of nitrogens with one attached hydrogen (secondary N) is 2. The monoisotopic (exact) mass is 257 g/mol. The molecule has 4 N–H and O–H groups in total. The van der Waals surface area contributed by atoms with Gasteiger partial charge in [-0.15, -0.1) is 0 Å². The Hall–Kier alpha value is -1.10. The fraction of sp³-hybridized carbons (Fsp3) is 0.846. The number of hydrogen-bond donors (Lipinski definition) is 3. The molecule has 0 aliphatic rings. The molecular formula is C13H27N3O2. The second-order valence-corrected chi connectivity index (χ2v) is 5.41. The molecule has 1 unspecified atom stereocenters. The SMILES string of the molecule is CC(C)CNC(=O)CCNC(=O)CC(N)C(C)C. The van der Waals surface area contributed by atoms with E-state index in [1.165, 1.54) is 0 Å². The summed E-state index contributed by atoms with van der Waals surface area (Å²) in [4.78, 5) is 22.9. The Kier molecular flexibility index (Phi) is 8.37. The van der Waals surface area contributed by atoms with Crippen LogP contribution in [0.3, 0.4) is 0 Å². The number of rotatable bonds is 8. The summed E-state index contributed by atoms with van der Waals surface area (Å²) in [6.45, 7) is 9.08. The second-order valence-electron chi connectivity index (χ2n) is 5.41. The number of carbonyl (C=O) groups is 2. The predicted octanol–water partition coefficient (Wildman–Crippen LogP) is 0.638. The second kappa shape index (κ2) is 8.91. The van der Waals surface area contributed by atoms with Gasteiger partial charge in [0.1, 0.15) is 0 Å². The molecule has 0 bridgehead atoms. The van der Waals surface area contributed by atoms with Crippen LogP contribution in [0.15, 0.2) is 0 Å². The predicted molar refractivity (Wildman–Crippen MR) is 72.9 cm³/mol. The van der Waals surface area contributed by atoms with Crippen molar-refractivity contribution in [1.29, 1.82) is 0 Å². The molecule has 5 nitrogen and oxygen atoms in total. The molecule has 0 radical (unpaired) electrons. The van der Waals surface area contributed by atoms with Gasteiger partial charge in [0.05, 0.1) is 0 Å². The zero-order valence-electron chi connectivity index (χ0n) is 12.0. The topological polar surface area (TPSA) is 84.2 Å². The molecule has 0 aliphatic carbocycles. The zero-order chi connectivity index (χ0) is 14.1. The first kappa shape index (κ1) is 16.9. The van der Waals surface area contributed by atoms with Crippen molar-refractivity contribution in [3.05, 3.63) is 0 Å². The van der Waals surface area contributed by atoms with Crippen molar-refractivity contribution in [1.82, 2.24) is 10.6 Å². The van der Waals surface area contributed by atoms with Crippen LogP contribution in [0.5, 0.6) is 0 Å². The van der Waals surface area contributed by atoms with Gasteiger partial charge >= 0.3 is 0 Å². The highest BCUT2D eigenvalue weighted by Crippen LogP contribution is 2.02. The summed E-state index contributed by atoms with van der Waals surface area (Å²) in [7, 11) is 0. The Morgan fingerprint density at radius 1 is 1.06 bits per heavy atom. The first-order chi connectivity index (χ1) is 8.32. The minimum absolute atomic E-state index is 0.0304. The van der Waals surface area contributed by atoms with Gasteiger partial charge < -0.3 is 16.4 Å². The Labute approximate surface area is 110 Å². The van der Waals surface area contributed by atoms with Crippen LogP contribution in [0.25, 0.3) is 0 Å². The molecule has 0 saturated carbocycles. The maximum Gasteiger partial charge on any atom is 0.221 e. The summed E-state index contributed by atoms with van der Waals surface area (Å²) in [5.74, 6) is 0.600. The number of amides is 2. The molecule has 0 aliphatic heterocycles. The van der Waals surface area contributed by atoms with E-state index >= 15 is 0 Å². The summed E-state index contributed by atoms with van der Waals surface area (Å²) in [5.41, 5.74) is 5.79. The summed E-state index contributed by atoms with van der Waals surface area (Å²) in [6, 6.07) is -0.125. The molecule has 18 heavy (non-hydrogen) atoms. The lowest BCUT2D eigenvalue weighted by atomic mass is 10.0. The van der Waals surface area contributed by atoms with E-state index in [1.807, 2.05) is 27.7 Å². The molecule has 0 aromatic carbocycles. The van der Waals surface area contributed by atoms with Gasteiger partial charge in [0.2, 0.25) is 11.8 Å². The van der Waals surface area contributed by atoms with Crippen LogP contribution in [-0.4, -0.2) is 30.9 Å². The van der Waals surface area contributed by atoms with E-state index in [4.69, 9.17) is 5.73 Å². The summed E-state index contributed by atoms with van der Waals surface area (Å²) < 4.78 is 0. The third-order valence-corrected chi connectivity index (χ3v) is 2.66. The summed E-state index contributed by atoms with van der Waals surface area (Å²) >= 11 is 0. The quantitative estimate of drug-likeness (QED) is 0.596. The average molecular weight is 257 g/mol. The highest BCUT2D eigenvalue weighted by Gasteiger charge is 2.12. The highest BCUT2D eigenvalue weighted by molar-refractivity contribution is 5.79. The number of nitrogens with two attached hydrogens (primary N) is 1. The fourth-order valence-corrected chi connectivity index (χ4v) is 1.24. The molecule has 0 heterocycles. The van der Waals surface area contributed by atoms with Crippen LogP contribution in [0.4, 0.5) is 0 Å². The van der Waals surface area contributed by atoms with Gasteiger partial charge in [0.15, 0.2) is 0 Å². The van der Waals surface area contributed by atoms with Gasteiger partial charge in [-0.1, -0.05) is 27.7 Å². The van der Waals surface area contributed by atoms with Gasteiger partial charge in [-0.3, -0.25) is 9.59 Å².